The SMILES string of the molecule is O=C(Nc1ccc(Br)cn1)c1noc(C2CCCN2)n1. The lowest BCUT2D eigenvalue weighted by Gasteiger charge is -2.02. The summed E-state index contributed by atoms with van der Waals surface area (Å²) in [5.41, 5.74) is 0. The van der Waals surface area contributed by atoms with E-state index in [0.29, 0.717) is 11.7 Å². The third kappa shape index (κ3) is 2.86. The fourth-order valence-electron chi connectivity index (χ4n) is 1.99. The highest BCUT2D eigenvalue weighted by atomic mass is 79.9. The van der Waals surface area contributed by atoms with Crippen LogP contribution in [0.1, 0.15) is 35.4 Å². The lowest BCUT2D eigenvalue weighted by molar-refractivity contribution is 0.101. The molecule has 104 valence electrons. The van der Waals surface area contributed by atoms with Gasteiger partial charge in [-0.1, -0.05) is 5.16 Å². The summed E-state index contributed by atoms with van der Waals surface area (Å²) in [4.78, 5) is 20.1. The van der Waals surface area contributed by atoms with Gasteiger partial charge in [0.05, 0.1) is 6.04 Å². The second-order valence-corrected chi connectivity index (χ2v) is 5.34. The predicted octanol–water partition coefficient (Wildman–Crippen LogP) is 1.90. The van der Waals surface area contributed by atoms with Crippen LogP contribution in [0.4, 0.5) is 5.82 Å². The number of hydrogen-bond acceptors (Lipinski definition) is 6. The van der Waals surface area contributed by atoms with Gasteiger partial charge in [-0.25, -0.2) is 4.98 Å². The molecule has 2 aromatic heterocycles. The van der Waals surface area contributed by atoms with Gasteiger partial charge in [0.2, 0.25) is 5.89 Å². The monoisotopic (exact) mass is 337 g/mol. The number of rotatable bonds is 3. The van der Waals surface area contributed by atoms with Crippen molar-refractivity contribution in [2.45, 2.75) is 18.9 Å². The summed E-state index contributed by atoms with van der Waals surface area (Å²) in [6.45, 7) is 0.928. The highest BCUT2D eigenvalue weighted by Crippen LogP contribution is 2.21. The average Bonchev–Trinajstić information content (AvgIpc) is 3.11. The second-order valence-electron chi connectivity index (χ2n) is 4.42. The smallest absolute Gasteiger partial charge is 0.298 e. The minimum Gasteiger partial charge on any atom is -0.337 e. The molecule has 0 aromatic carbocycles. The third-order valence-electron chi connectivity index (χ3n) is 2.97. The zero-order valence-corrected chi connectivity index (χ0v) is 12.1. The molecule has 1 aliphatic heterocycles. The van der Waals surface area contributed by atoms with Crippen molar-refractivity contribution in [2.24, 2.45) is 0 Å². The molecule has 2 N–H and O–H groups in total. The lowest BCUT2D eigenvalue weighted by atomic mass is 10.2. The van der Waals surface area contributed by atoms with Gasteiger partial charge < -0.3 is 15.2 Å². The Morgan fingerprint density at radius 2 is 2.40 bits per heavy atom. The maximum atomic E-state index is 12.0. The van der Waals surface area contributed by atoms with Crippen LogP contribution in [-0.2, 0) is 0 Å². The van der Waals surface area contributed by atoms with Crippen LogP contribution in [0, 0.1) is 0 Å². The van der Waals surface area contributed by atoms with E-state index in [-0.39, 0.29) is 11.9 Å². The fourth-order valence-corrected chi connectivity index (χ4v) is 2.22. The summed E-state index contributed by atoms with van der Waals surface area (Å²) in [5, 5.41) is 9.55. The number of amides is 1. The summed E-state index contributed by atoms with van der Waals surface area (Å²) in [5.74, 6) is 0.464. The fraction of sp³-hybridized carbons (Fsp3) is 0.333. The quantitative estimate of drug-likeness (QED) is 0.888. The number of anilines is 1. The Kier molecular flexibility index (Phi) is 3.75. The number of nitrogens with zero attached hydrogens (tertiary/aromatic N) is 3. The minimum atomic E-state index is -0.437. The van der Waals surface area contributed by atoms with Crippen molar-refractivity contribution in [1.82, 2.24) is 20.4 Å². The van der Waals surface area contributed by atoms with E-state index in [9.17, 15) is 4.79 Å². The number of carbonyl (C=O) groups excluding carboxylic acids is 1. The van der Waals surface area contributed by atoms with E-state index < -0.39 is 5.91 Å². The Morgan fingerprint density at radius 3 is 3.10 bits per heavy atom. The Bertz CT molecular complexity index is 607. The van der Waals surface area contributed by atoms with Gasteiger partial charge in [-0.3, -0.25) is 4.79 Å². The van der Waals surface area contributed by atoms with Gasteiger partial charge in [0.1, 0.15) is 5.82 Å². The second kappa shape index (κ2) is 5.68. The van der Waals surface area contributed by atoms with Gasteiger partial charge >= 0.3 is 0 Å². The number of aromatic nitrogens is 3. The zero-order valence-electron chi connectivity index (χ0n) is 10.5. The van der Waals surface area contributed by atoms with Crippen molar-refractivity contribution in [2.75, 3.05) is 11.9 Å². The molecule has 0 spiro atoms. The first-order valence-electron chi connectivity index (χ1n) is 6.22. The van der Waals surface area contributed by atoms with Gasteiger partial charge in [0.25, 0.3) is 11.7 Å². The molecule has 1 fully saturated rings. The number of carbonyl (C=O) groups is 1. The van der Waals surface area contributed by atoms with E-state index in [1.54, 1.807) is 18.3 Å². The predicted molar refractivity (Wildman–Crippen MR) is 74.2 cm³/mol. The maximum absolute atomic E-state index is 12.0. The van der Waals surface area contributed by atoms with Crippen molar-refractivity contribution in [1.29, 1.82) is 0 Å². The van der Waals surface area contributed by atoms with Gasteiger partial charge in [-0.2, -0.15) is 4.98 Å². The van der Waals surface area contributed by atoms with Gasteiger partial charge in [-0.05, 0) is 47.4 Å². The van der Waals surface area contributed by atoms with Crippen LogP contribution in [0.15, 0.2) is 27.3 Å². The van der Waals surface area contributed by atoms with E-state index in [2.05, 4.69) is 41.7 Å². The Labute approximate surface area is 123 Å². The normalized spacial score (nSPS) is 18.1. The van der Waals surface area contributed by atoms with Crippen molar-refractivity contribution in [3.8, 4) is 0 Å². The summed E-state index contributed by atoms with van der Waals surface area (Å²) < 4.78 is 5.95. The van der Waals surface area contributed by atoms with Crippen molar-refractivity contribution >= 4 is 27.7 Å². The first-order chi connectivity index (χ1) is 9.72. The van der Waals surface area contributed by atoms with Crippen molar-refractivity contribution in [3.63, 3.8) is 0 Å². The van der Waals surface area contributed by atoms with E-state index in [0.717, 1.165) is 23.9 Å². The van der Waals surface area contributed by atoms with Crippen LogP contribution in [0.2, 0.25) is 0 Å². The van der Waals surface area contributed by atoms with Gasteiger partial charge in [0, 0.05) is 10.7 Å². The van der Waals surface area contributed by atoms with Gasteiger partial charge in [0.15, 0.2) is 0 Å². The maximum Gasteiger partial charge on any atom is 0.298 e. The standard InChI is InChI=1S/C12H12BrN5O2/c13-7-3-4-9(15-6-7)16-11(19)10-17-12(20-18-10)8-2-1-5-14-8/h3-4,6,8,14H,1-2,5H2,(H,15,16,19). The van der Waals surface area contributed by atoms with Crippen LogP contribution >= 0.6 is 15.9 Å². The molecule has 1 aliphatic rings. The molecule has 3 rings (SSSR count). The zero-order chi connectivity index (χ0) is 13.9. The van der Waals surface area contributed by atoms with E-state index in [4.69, 9.17) is 4.52 Å². The largest absolute Gasteiger partial charge is 0.337 e. The Hall–Kier alpha value is -1.80. The molecule has 0 aliphatic carbocycles. The summed E-state index contributed by atoms with van der Waals surface area (Å²) >= 11 is 3.28. The molecule has 0 saturated carbocycles. The van der Waals surface area contributed by atoms with Crippen molar-refractivity contribution in [3.05, 3.63) is 34.5 Å². The minimum absolute atomic E-state index is 0.0124. The first-order valence-corrected chi connectivity index (χ1v) is 7.01. The Morgan fingerprint density at radius 1 is 1.50 bits per heavy atom. The topological polar surface area (TPSA) is 92.9 Å². The molecule has 2 aromatic rings. The molecule has 7 nitrogen and oxygen atoms in total. The van der Waals surface area contributed by atoms with Crippen LogP contribution in [0.3, 0.4) is 0 Å². The number of pyridine rings is 1. The molecule has 3 heterocycles. The van der Waals surface area contributed by atoms with Crippen LogP contribution < -0.4 is 10.6 Å². The summed E-state index contributed by atoms with van der Waals surface area (Å²) in [6, 6.07) is 3.52. The molecule has 8 heteroatoms. The van der Waals surface area contributed by atoms with E-state index in [1.807, 2.05) is 0 Å². The summed E-state index contributed by atoms with van der Waals surface area (Å²) in [7, 11) is 0. The molecular weight excluding hydrogens is 326 g/mol. The molecule has 0 radical (unpaired) electrons. The summed E-state index contributed by atoms with van der Waals surface area (Å²) in [6.07, 6.45) is 3.61. The molecule has 1 amide bonds. The van der Waals surface area contributed by atoms with Crippen molar-refractivity contribution < 1.29 is 9.32 Å². The van der Waals surface area contributed by atoms with E-state index in [1.165, 1.54) is 0 Å². The van der Waals surface area contributed by atoms with Crippen LogP contribution in [0.5, 0.6) is 0 Å². The number of hydrogen-bond donors (Lipinski definition) is 2. The molecule has 20 heavy (non-hydrogen) atoms. The van der Waals surface area contributed by atoms with Gasteiger partial charge in [-0.15, -0.1) is 0 Å². The highest BCUT2D eigenvalue weighted by Gasteiger charge is 2.24. The molecule has 1 atom stereocenters. The van der Waals surface area contributed by atoms with E-state index >= 15 is 0 Å². The van der Waals surface area contributed by atoms with Crippen LogP contribution in [0.25, 0.3) is 0 Å². The average molecular weight is 338 g/mol. The Balaban J connectivity index is 1.69. The molecule has 0 bridgehead atoms. The van der Waals surface area contributed by atoms with Crippen LogP contribution in [-0.4, -0.2) is 27.6 Å². The molecular formula is C12H12BrN5O2. The number of nitrogens with one attached hydrogen (secondary N) is 2. The number of halogens is 1. The highest BCUT2D eigenvalue weighted by molar-refractivity contribution is 9.10. The lowest BCUT2D eigenvalue weighted by Crippen LogP contribution is -2.16. The molecule has 1 unspecified atom stereocenters. The molecule has 1 saturated heterocycles. The third-order valence-corrected chi connectivity index (χ3v) is 3.44. The first kappa shape index (κ1) is 13.2.